The van der Waals surface area contributed by atoms with Crippen molar-refractivity contribution in [2.75, 3.05) is 6.61 Å². The summed E-state index contributed by atoms with van der Waals surface area (Å²) in [5.41, 5.74) is 4.09. The van der Waals surface area contributed by atoms with Crippen LogP contribution in [0.25, 0.3) is 0 Å². The molecule has 0 saturated heterocycles. The van der Waals surface area contributed by atoms with Crippen LogP contribution in [0.15, 0.2) is 43.3 Å². The van der Waals surface area contributed by atoms with Gasteiger partial charge in [-0.3, -0.25) is 4.79 Å². The molecular weight excluding hydrogens is 412 g/mol. The van der Waals surface area contributed by atoms with Gasteiger partial charge in [-0.2, -0.15) is 0 Å². The molecule has 5 heteroatoms. The van der Waals surface area contributed by atoms with E-state index in [0.717, 1.165) is 44.1 Å². The third-order valence-corrected chi connectivity index (χ3v) is 5.47. The normalized spacial score (nSPS) is 22.5. The van der Waals surface area contributed by atoms with Gasteiger partial charge >= 0.3 is 0 Å². The van der Waals surface area contributed by atoms with Crippen molar-refractivity contribution >= 4 is 37.6 Å². The van der Waals surface area contributed by atoms with Gasteiger partial charge in [-0.25, -0.2) is 0 Å². The van der Waals surface area contributed by atoms with Gasteiger partial charge in [-0.05, 0) is 64.9 Å². The molecule has 0 aromatic rings. The third-order valence-electron chi connectivity index (χ3n) is 4.10. The fourth-order valence-corrected chi connectivity index (χ4v) is 4.25. The van der Waals surface area contributed by atoms with Crippen LogP contribution in [0.3, 0.4) is 0 Å². The molecule has 0 aliphatic carbocycles. The van der Waals surface area contributed by atoms with E-state index in [-0.39, 0.29) is 5.78 Å². The number of hydrogen-bond acceptors (Lipinski definition) is 3. The molecule has 0 unspecified atom stereocenters. The van der Waals surface area contributed by atoms with Crippen LogP contribution in [0, 0.1) is 0 Å². The lowest BCUT2D eigenvalue weighted by atomic mass is 9.93. The highest BCUT2D eigenvalue weighted by Gasteiger charge is 2.33. The Morgan fingerprint density at radius 2 is 1.86 bits per heavy atom. The summed E-state index contributed by atoms with van der Waals surface area (Å²) in [5, 5.41) is 0. The van der Waals surface area contributed by atoms with Gasteiger partial charge < -0.3 is 9.47 Å². The number of allylic oxidation sites excluding steroid dienone is 4. The van der Waals surface area contributed by atoms with Crippen LogP contribution in [0.5, 0.6) is 0 Å². The number of ether oxygens (including phenoxy) is 2. The average Bonchev–Trinajstić information content (AvgIpc) is 2.48. The highest BCUT2D eigenvalue weighted by molar-refractivity contribution is 9.12. The molecule has 0 N–H and O–H groups in total. The second kappa shape index (κ2) is 7.18. The van der Waals surface area contributed by atoms with E-state index in [0.29, 0.717) is 12.4 Å². The third kappa shape index (κ3) is 3.11. The number of ketones is 1. The molecule has 2 rings (SSSR count). The predicted molar refractivity (Wildman–Crippen MR) is 94.8 cm³/mol. The largest absolute Gasteiger partial charge is 0.484 e. The van der Waals surface area contributed by atoms with Gasteiger partial charge in [0, 0.05) is 4.48 Å². The van der Waals surface area contributed by atoms with E-state index in [1.807, 2.05) is 13.8 Å². The Bertz CT molecular complexity index is 624. The number of hydrogen-bond donors (Lipinski definition) is 0. The first kappa shape index (κ1) is 17.5. The zero-order valence-electron chi connectivity index (χ0n) is 13.3. The van der Waals surface area contributed by atoms with Crippen molar-refractivity contribution in [1.29, 1.82) is 0 Å². The second-order valence-corrected chi connectivity index (χ2v) is 7.15. The topological polar surface area (TPSA) is 35.5 Å². The van der Waals surface area contributed by atoms with Gasteiger partial charge in [-0.1, -0.05) is 29.8 Å². The summed E-state index contributed by atoms with van der Waals surface area (Å²) in [5.74, 6) is 0.314. The van der Waals surface area contributed by atoms with Crippen LogP contribution >= 0.6 is 31.9 Å². The highest BCUT2D eigenvalue weighted by atomic mass is 79.9. The van der Waals surface area contributed by atoms with Crippen molar-refractivity contribution in [3.8, 4) is 0 Å². The summed E-state index contributed by atoms with van der Waals surface area (Å²) in [6.45, 7) is 8.42. The Hall–Kier alpha value is -0.810. The lowest BCUT2D eigenvalue weighted by molar-refractivity contribution is -0.125. The Balaban J connectivity index is 2.38. The molecule has 120 valence electrons. The van der Waals surface area contributed by atoms with Crippen molar-refractivity contribution in [1.82, 2.24) is 0 Å². The zero-order chi connectivity index (χ0) is 16.4. The van der Waals surface area contributed by atoms with Crippen molar-refractivity contribution < 1.29 is 14.3 Å². The van der Waals surface area contributed by atoms with Crippen LogP contribution in [-0.2, 0) is 14.3 Å². The minimum atomic E-state index is -0.601. The summed E-state index contributed by atoms with van der Waals surface area (Å²) in [4.78, 5) is 12.9. The Labute approximate surface area is 148 Å². The molecule has 2 aliphatic rings. The maximum atomic E-state index is 12.9. The summed E-state index contributed by atoms with van der Waals surface area (Å²) in [6, 6.07) is 0. The van der Waals surface area contributed by atoms with E-state index < -0.39 is 6.10 Å². The predicted octanol–water partition coefficient (Wildman–Crippen LogP) is 5.28. The Morgan fingerprint density at radius 1 is 1.23 bits per heavy atom. The number of carbonyl (C=O) groups is 1. The molecule has 0 amide bonds. The number of Topliss-reactive ketones (excluding diaryl/α,β-unsaturated/α-hetero) is 1. The Morgan fingerprint density at radius 3 is 2.45 bits per heavy atom. The molecule has 0 fully saturated rings. The molecule has 22 heavy (non-hydrogen) atoms. The summed E-state index contributed by atoms with van der Waals surface area (Å²) in [7, 11) is 0. The summed E-state index contributed by atoms with van der Waals surface area (Å²) >= 11 is 7.00. The highest BCUT2D eigenvalue weighted by Crippen LogP contribution is 2.35. The lowest BCUT2D eigenvalue weighted by Gasteiger charge is -2.27. The van der Waals surface area contributed by atoms with Crippen LogP contribution in [0.4, 0.5) is 0 Å². The van der Waals surface area contributed by atoms with Crippen LogP contribution < -0.4 is 0 Å². The van der Waals surface area contributed by atoms with Gasteiger partial charge in [0.2, 0.25) is 5.78 Å². The zero-order valence-corrected chi connectivity index (χ0v) is 16.4. The van der Waals surface area contributed by atoms with Crippen LogP contribution in [-0.4, -0.2) is 18.5 Å². The van der Waals surface area contributed by atoms with E-state index >= 15 is 0 Å². The molecule has 2 aliphatic heterocycles. The van der Waals surface area contributed by atoms with Crippen LogP contribution in [0.2, 0.25) is 0 Å². The van der Waals surface area contributed by atoms with Gasteiger partial charge in [0.05, 0.1) is 10.7 Å². The van der Waals surface area contributed by atoms with E-state index in [9.17, 15) is 4.79 Å². The minimum Gasteiger partial charge on any atom is -0.484 e. The first-order valence-corrected chi connectivity index (χ1v) is 8.97. The minimum absolute atomic E-state index is 0.108. The van der Waals surface area contributed by atoms with Crippen LogP contribution in [0.1, 0.15) is 40.5 Å². The SMILES string of the molecule is CCC1=C(Br)COC(C(=O)[C@@H]2OC=C(Br)C(CC)=C2C)=C1C. The maximum Gasteiger partial charge on any atom is 0.242 e. The lowest BCUT2D eigenvalue weighted by Crippen LogP contribution is -2.31. The fourth-order valence-electron chi connectivity index (χ4n) is 2.86. The average molecular weight is 432 g/mol. The summed E-state index contributed by atoms with van der Waals surface area (Å²) < 4.78 is 13.2. The molecule has 0 aromatic carbocycles. The molecule has 0 saturated carbocycles. The van der Waals surface area contributed by atoms with E-state index in [1.165, 1.54) is 0 Å². The first-order valence-electron chi connectivity index (χ1n) is 7.39. The van der Waals surface area contributed by atoms with Crippen molar-refractivity contribution in [2.45, 2.75) is 46.6 Å². The number of rotatable bonds is 4. The summed E-state index contributed by atoms with van der Waals surface area (Å²) in [6.07, 6.45) is 2.72. The quantitative estimate of drug-likeness (QED) is 0.607. The van der Waals surface area contributed by atoms with Gasteiger partial charge in [-0.15, -0.1) is 0 Å². The number of carbonyl (C=O) groups excluding carboxylic acids is 1. The van der Waals surface area contributed by atoms with Crippen molar-refractivity contribution in [2.24, 2.45) is 0 Å². The first-order chi connectivity index (χ1) is 10.4. The second-order valence-electron chi connectivity index (χ2n) is 5.34. The molecule has 3 nitrogen and oxygen atoms in total. The molecule has 2 heterocycles. The van der Waals surface area contributed by atoms with Crippen molar-refractivity contribution in [3.05, 3.63) is 43.3 Å². The van der Waals surface area contributed by atoms with E-state index in [1.54, 1.807) is 6.26 Å². The molecule has 1 atom stereocenters. The smallest absolute Gasteiger partial charge is 0.242 e. The molecule has 0 aromatic heterocycles. The molecule has 0 bridgehead atoms. The van der Waals surface area contributed by atoms with E-state index in [2.05, 4.69) is 45.7 Å². The standard InChI is InChI=1S/C17H20Br2O3/c1-5-11-9(3)16(21-7-13(11)18)15(20)17-10(4)12(6-2)14(19)8-22-17/h7,16H,5-6,8H2,1-4H3/t16-/m1/s1. The van der Waals surface area contributed by atoms with E-state index in [4.69, 9.17) is 9.47 Å². The number of halogens is 2. The monoisotopic (exact) mass is 430 g/mol. The molecular formula is C17H20Br2O3. The van der Waals surface area contributed by atoms with Crippen molar-refractivity contribution in [3.63, 3.8) is 0 Å². The van der Waals surface area contributed by atoms with Gasteiger partial charge in [0.1, 0.15) is 6.61 Å². The fraction of sp³-hybridized carbons (Fsp3) is 0.471. The Kier molecular flexibility index (Phi) is 5.72. The van der Waals surface area contributed by atoms with Gasteiger partial charge in [0.15, 0.2) is 11.9 Å². The maximum absolute atomic E-state index is 12.9. The molecule has 0 spiro atoms. The van der Waals surface area contributed by atoms with Gasteiger partial charge in [0.25, 0.3) is 0 Å². The molecule has 0 radical (unpaired) electrons.